The van der Waals surface area contributed by atoms with Crippen LogP contribution >= 0.6 is 11.3 Å². The van der Waals surface area contributed by atoms with E-state index in [0.29, 0.717) is 12.6 Å². The van der Waals surface area contributed by atoms with Crippen LogP contribution in [0.5, 0.6) is 0 Å². The minimum absolute atomic E-state index is 0.468. The highest BCUT2D eigenvalue weighted by Crippen LogP contribution is 2.28. The highest BCUT2D eigenvalue weighted by molar-refractivity contribution is 7.15. The predicted octanol–water partition coefficient (Wildman–Crippen LogP) is 3.76. The molecule has 0 saturated heterocycles. The van der Waals surface area contributed by atoms with Crippen molar-refractivity contribution in [2.24, 2.45) is 0 Å². The number of nitrogens with zero attached hydrogens (tertiary/aromatic N) is 1. The second kappa shape index (κ2) is 6.97. The third-order valence-corrected chi connectivity index (χ3v) is 4.18. The third kappa shape index (κ3) is 3.88. The van der Waals surface area contributed by atoms with E-state index in [2.05, 4.69) is 50.4 Å². The molecule has 0 spiro atoms. The zero-order valence-electron chi connectivity index (χ0n) is 12.6. The smallest absolute Gasteiger partial charge is 0.124 e. The van der Waals surface area contributed by atoms with Crippen LogP contribution in [0.3, 0.4) is 0 Å². The van der Waals surface area contributed by atoms with Crippen molar-refractivity contribution < 1.29 is 4.74 Å². The molecule has 4 heteroatoms. The maximum absolute atomic E-state index is 5.26. The van der Waals surface area contributed by atoms with E-state index in [9.17, 15) is 0 Å². The van der Waals surface area contributed by atoms with Crippen LogP contribution in [0.15, 0.2) is 24.3 Å². The SMILES string of the molecule is COCc1nc(-c2ccc(C)cc2)sc1CNC(C)C. The van der Waals surface area contributed by atoms with Crippen molar-refractivity contribution in [2.45, 2.75) is 40.0 Å². The van der Waals surface area contributed by atoms with Crippen molar-refractivity contribution in [2.75, 3.05) is 7.11 Å². The molecule has 0 aliphatic heterocycles. The third-order valence-electron chi connectivity index (χ3n) is 3.03. The Morgan fingerprint density at radius 1 is 1.25 bits per heavy atom. The van der Waals surface area contributed by atoms with Gasteiger partial charge in [-0.15, -0.1) is 11.3 Å². The number of hydrogen-bond acceptors (Lipinski definition) is 4. The summed E-state index contributed by atoms with van der Waals surface area (Å²) in [5, 5.41) is 4.52. The number of hydrogen-bond donors (Lipinski definition) is 1. The first kappa shape index (κ1) is 15.2. The van der Waals surface area contributed by atoms with Crippen LogP contribution in [0, 0.1) is 6.92 Å². The fraction of sp³-hybridized carbons (Fsp3) is 0.438. The Hall–Kier alpha value is -1.23. The van der Waals surface area contributed by atoms with E-state index in [4.69, 9.17) is 9.72 Å². The number of benzene rings is 1. The molecule has 0 radical (unpaired) electrons. The highest BCUT2D eigenvalue weighted by Gasteiger charge is 2.12. The molecule has 108 valence electrons. The van der Waals surface area contributed by atoms with Gasteiger partial charge in [0.05, 0.1) is 12.3 Å². The monoisotopic (exact) mass is 290 g/mol. The topological polar surface area (TPSA) is 34.1 Å². The molecule has 2 aromatic rings. The maximum atomic E-state index is 5.26. The van der Waals surface area contributed by atoms with Gasteiger partial charge < -0.3 is 10.1 Å². The Labute approximate surface area is 125 Å². The quantitative estimate of drug-likeness (QED) is 0.879. The molecule has 1 aromatic heterocycles. The normalized spacial score (nSPS) is 11.2. The molecule has 0 unspecified atom stereocenters. The van der Waals surface area contributed by atoms with Crippen molar-refractivity contribution >= 4 is 11.3 Å². The van der Waals surface area contributed by atoms with Gasteiger partial charge in [-0.05, 0) is 6.92 Å². The molecule has 3 nitrogen and oxygen atoms in total. The number of aromatic nitrogens is 1. The molecular formula is C16H22N2OS. The average Bonchev–Trinajstić information content (AvgIpc) is 2.81. The highest BCUT2D eigenvalue weighted by atomic mass is 32.1. The number of aryl methyl sites for hydroxylation is 1. The van der Waals surface area contributed by atoms with Gasteiger partial charge in [0.15, 0.2) is 0 Å². The molecule has 0 aliphatic carbocycles. The van der Waals surface area contributed by atoms with Gasteiger partial charge in [-0.2, -0.15) is 0 Å². The molecular weight excluding hydrogens is 268 g/mol. The molecule has 1 N–H and O–H groups in total. The standard InChI is InChI=1S/C16H22N2OS/c1-11(2)17-9-15-14(10-19-4)18-16(20-15)13-7-5-12(3)6-8-13/h5-8,11,17H,9-10H2,1-4H3. The zero-order chi connectivity index (χ0) is 14.5. The lowest BCUT2D eigenvalue weighted by Crippen LogP contribution is -2.21. The summed E-state index contributed by atoms with van der Waals surface area (Å²) in [6.07, 6.45) is 0. The van der Waals surface area contributed by atoms with Crippen LogP contribution < -0.4 is 5.32 Å². The lowest BCUT2D eigenvalue weighted by Gasteiger charge is -2.07. The zero-order valence-corrected chi connectivity index (χ0v) is 13.4. The van der Waals surface area contributed by atoms with Crippen molar-refractivity contribution in [1.82, 2.24) is 10.3 Å². The molecule has 1 heterocycles. The number of nitrogens with one attached hydrogen (secondary N) is 1. The van der Waals surface area contributed by atoms with Crippen LogP contribution in [0.1, 0.15) is 30.0 Å². The second-order valence-electron chi connectivity index (χ2n) is 5.22. The first-order valence-electron chi connectivity index (χ1n) is 6.88. The van der Waals surface area contributed by atoms with Gasteiger partial charge in [0, 0.05) is 30.1 Å². The molecule has 0 aliphatic rings. The van der Waals surface area contributed by atoms with Gasteiger partial charge in [0.2, 0.25) is 0 Å². The first-order chi connectivity index (χ1) is 9.60. The van der Waals surface area contributed by atoms with Crippen molar-refractivity contribution in [3.8, 4) is 10.6 Å². The Balaban J connectivity index is 2.25. The summed E-state index contributed by atoms with van der Waals surface area (Å²) in [4.78, 5) is 5.99. The predicted molar refractivity (Wildman–Crippen MR) is 85.0 cm³/mol. The largest absolute Gasteiger partial charge is 0.378 e. The fourth-order valence-corrected chi connectivity index (χ4v) is 2.91. The minimum atomic E-state index is 0.468. The summed E-state index contributed by atoms with van der Waals surface area (Å²) in [5.74, 6) is 0. The Morgan fingerprint density at radius 3 is 2.55 bits per heavy atom. The number of thiazole rings is 1. The molecule has 0 bridgehead atoms. The van der Waals surface area contributed by atoms with Crippen LogP contribution in [0.4, 0.5) is 0 Å². The lowest BCUT2D eigenvalue weighted by molar-refractivity contribution is 0.181. The summed E-state index contributed by atoms with van der Waals surface area (Å²) in [6, 6.07) is 8.97. The summed E-state index contributed by atoms with van der Waals surface area (Å²) >= 11 is 1.75. The van der Waals surface area contributed by atoms with E-state index in [1.165, 1.54) is 16.0 Å². The Bertz CT molecular complexity index is 546. The van der Waals surface area contributed by atoms with Crippen molar-refractivity contribution in [1.29, 1.82) is 0 Å². The van der Waals surface area contributed by atoms with Crippen LogP contribution in [0.25, 0.3) is 10.6 Å². The van der Waals surface area contributed by atoms with Crippen molar-refractivity contribution in [3.05, 3.63) is 40.4 Å². The van der Waals surface area contributed by atoms with E-state index in [-0.39, 0.29) is 0 Å². The van der Waals surface area contributed by atoms with E-state index in [0.717, 1.165) is 17.2 Å². The minimum Gasteiger partial charge on any atom is -0.378 e. The van der Waals surface area contributed by atoms with E-state index < -0.39 is 0 Å². The summed E-state index contributed by atoms with van der Waals surface area (Å²) in [7, 11) is 1.71. The molecule has 0 fully saturated rings. The Morgan fingerprint density at radius 2 is 1.95 bits per heavy atom. The van der Waals surface area contributed by atoms with Crippen LogP contribution in [-0.4, -0.2) is 18.1 Å². The molecule has 2 rings (SSSR count). The van der Waals surface area contributed by atoms with E-state index in [1.807, 2.05) is 0 Å². The summed E-state index contributed by atoms with van der Waals surface area (Å²) in [5.41, 5.74) is 3.49. The van der Waals surface area contributed by atoms with Gasteiger partial charge in [0.25, 0.3) is 0 Å². The second-order valence-corrected chi connectivity index (χ2v) is 6.31. The summed E-state index contributed by atoms with van der Waals surface area (Å²) < 4.78 is 5.26. The summed E-state index contributed by atoms with van der Waals surface area (Å²) in [6.45, 7) is 7.81. The van der Waals surface area contributed by atoms with Gasteiger partial charge in [-0.25, -0.2) is 4.98 Å². The fourth-order valence-electron chi connectivity index (χ4n) is 1.89. The van der Waals surface area contributed by atoms with Crippen LogP contribution in [0.2, 0.25) is 0 Å². The lowest BCUT2D eigenvalue weighted by atomic mass is 10.2. The molecule has 0 atom stereocenters. The average molecular weight is 290 g/mol. The van der Waals surface area contributed by atoms with Gasteiger partial charge in [-0.3, -0.25) is 0 Å². The number of rotatable bonds is 6. The maximum Gasteiger partial charge on any atom is 0.124 e. The molecule has 20 heavy (non-hydrogen) atoms. The van der Waals surface area contributed by atoms with E-state index >= 15 is 0 Å². The van der Waals surface area contributed by atoms with Crippen molar-refractivity contribution in [3.63, 3.8) is 0 Å². The molecule has 1 aromatic carbocycles. The molecule has 0 saturated carbocycles. The van der Waals surface area contributed by atoms with E-state index in [1.54, 1.807) is 18.4 Å². The molecule has 0 amide bonds. The first-order valence-corrected chi connectivity index (χ1v) is 7.69. The van der Waals surface area contributed by atoms with Gasteiger partial charge >= 0.3 is 0 Å². The number of methoxy groups -OCH3 is 1. The van der Waals surface area contributed by atoms with Gasteiger partial charge in [0.1, 0.15) is 5.01 Å². The van der Waals surface area contributed by atoms with Crippen LogP contribution in [-0.2, 0) is 17.9 Å². The Kier molecular flexibility index (Phi) is 5.29. The van der Waals surface area contributed by atoms with Gasteiger partial charge in [-0.1, -0.05) is 43.7 Å². The number of ether oxygens (including phenoxy) is 1.